The van der Waals surface area contributed by atoms with E-state index < -0.39 is 42.7 Å². The summed E-state index contributed by atoms with van der Waals surface area (Å²) in [6.45, 7) is 0.221. The fourth-order valence-electron chi connectivity index (χ4n) is 3.97. The Bertz CT molecular complexity index is 1060. The van der Waals surface area contributed by atoms with Crippen LogP contribution in [0, 0.1) is 5.82 Å². The zero-order valence-corrected chi connectivity index (χ0v) is 16.1. The number of aromatic nitrogens is 1. The topological polar surface area (TPSA) is 123 Å². The number of amidine groups is 1. The van der Waals surface area contributed by atoms with Gasteiger partial charge in [-0.15, -0.1) is 0 Å². The molecule has 1 aromatic carbocycles. The van der Waals surface area contributed by atoms with Gasteiger partial charge >= 0.3 is 0 Å². The van der Waals surface area contributed by atoms with Gasteiger partial charge in [-0.25, -0.2) is 9.38 Å². The van der Waals surface area contributed by atoms with Gasteiger partial charge in [0.15, 0.2) is 12.5 Å². The molecule has 1 aromatic heterocycles. The van der Waals surface area contributed by atoms with Crippen LogP contribution in [0.3, 0.4) is 0 Å². The van der Waals surface area contributed by atoms with Crippen LogP contribution in [0.1, 0.15) is 23.5 Å². The smallest absolute Gasteiger partial charge is 0.164 e. The second kappa shape index (κ2) is 7.12. The Morgan fingerprint density at radius 1 is 1.20 bits per heavy atom. The lowest BCUT2D eigenvalue weighted by atomic mass is 9.99. The molecule has 0 radical (unpaired) electrons. The molecular formula is C19H18ClFN4O5. The summed E-state index contributed by atoms with van der Waals surface area (Å²) in [6, 6.07) is 5.50. The van der Waals surface area contributed by atoms with Gasteiger partial charge in [-0.3, -0.25) is 9.89 Å². The third-order valence-electron chi connectivity index (χ3n) is 5.55. The van der Waals surface area contributed by atoms with Gasteiger partial charge in [0.05, 0.1) is 17.1 Å². The minimum atomic E-state index is -1.43. The molecule has 0 bridgehead atoms. The predicted octanol–water partition coefficient (Wildman–Crippen LogP) is 0.687. The van der Waals surface area contributed by atoms with Gasteiger partial charge in [0, 0.05) is 6.20 Å². The van der Waals surface area contributed by atoms with Crippen molar-refractivity contribution < 1.29 is 29.6 Å². The van der Waals surface area contributed by atoms with Crippen LogP contribution in [0.4, 0.5) is 10.2 Å². The van der Waals surface area contributed by atoms with Crippen LogP contribution in [-0.2, 0) is 4.74 Å². The monoisotopic (exact) mass is 436 g/mol. The number of rotatable bonds is 3. The number of fused-ring (bicyclic) bond motifs is 3. The molecule has 1 unspecified atom stereocenters. The molecule has 3 aliphatic rings. The lowest BCUT2D eigenvalue weighted by Gasteiger charge is -2.25. The van der Waals surface area contributed by atoms with E-state index in [0.29, 0.717) is 17.2 Å². The van der Waals surface area contributed by atoms with Gasteiger partial charge in [0.25, 0.3) is 0 Å². The number of aliphatic hydroxyl groups excluding tert-OH is 4. The molecule has 30 heavy (non-hydrogen) atoms. The summed E-state index contributed by atoms with van der Waals surface area (Å²) < 4.78 is 21.1. The van der Waals surface area contributed by atoms with Gasteiger partial charge in [0.1, 0.15) is 48.2 Å². The number of halogens is 2. The van der Waals surface area contributed by atoms with E-state index in [4.69, 9.17) is 16.3 Å². The molecule has 1 saturated heterocycles. The zero-order valence-electron chi connectivity index (χ0n) is 15.4. The fraction of sp³-hybridized carbons (Fsp3) is 0.368. The molecule has 4 heterocycles. The predicted molar refractivity (Wildman–Crippen MR) is 104 cm³/mol. The van der Waals surface area contributed by atoms with Crippen LogP contribution >= 0.6 is 11.6 Å². The Balaban J connectivity index is 1.44. The summed E-state index contributed by atoms with van der Waals surface area (Å²) in [4.78, 5) is 10.2. The highest BCUT2D eigenvalue weighted by Crippen LogP contribution is 2.40. The van der Waals surface area contributed by atoms with Crippen LogP contribution < -0.4 is 0 Å². The highest BCUT2D eigenvalue weighted by molar-refractivity contribution is 6.30. The summed E-state index contributed by atoms with van der Waals surface area (Å²) >= 11 is 5.68. The van der Waals surface area contributed by atoms with E-state index in [1.54, 1.807) is 12.3 Å². The summed E-state index contributed by atoms with van der Waals surface area (Å²) in [5, 5.41) is 41.6. The number of benzene rings is 1. The van der Waals surface area contributed by atoms with Crippen molar-refractivity contribution in [1.82, 2.24) is 9.47 Å². The summed E-state index contributed by atoms with van der Waals surface area (Å²) in [5.41, 5.74) is 0.800. The first-order valence-corrected chi connectivity index (χ1v) is 9.65. The largest absolute Gasteiger partial charge is 0.387 e. The first kappa shape index (κ1) is 19.6. The molecule has 0 amide bonds. The summed E-state index contributed by atoms with van der Waals surface area (Å²) in [5.74, 6) is 0.270. The van der Waals surface area contributed by atoms with Gasteiger partial charge < -0.3 is 29.7 Å². The van der Waals surface area contributed by atoms with E-state index in [-0.39, 0.29) is 17.1 Å². The van der Waals surface area contributed by atoms with Crippen LogP contribution in [0.5, 0.6) is 0 Å². The van der Waals surface area contributed by atoms with E-state index >= 15 is 0 Å². The number of ether oxygens (including phenoxy) is 1. The lowest BCUT2D eigenvalue weighted by molar-refractivity contribution is -0.0854. The van der Waals surface area contributed by atoms with Crippen molar-refractivity contribution in [3.05, 3.63) is 52.4 Å². The standard InChI is InChI=1S/C19H18ClFN4O5/c20-10-2-1-8(5-11(10)21)13(27)16-14(28)15(29)19(30-16)24-4-3-9-17-22-6-12(26)25(17)7-23-18(9)24/h1-5,7,12-16,19,26-29H,6H2/t12?,13-,14+,15-,16-,19-/m1/s1. The van der Waals surface area contributed by atoms with Crippen molar-refractivity contribution in [2.45, 2.75) is 36.9 Å². The first-order chi connectivity index (χ1) is 14.4. The molecule has 11 heteroatoms. The van der Waals surface area contributed by atoms with Crippen LogP contribution in [0.25, 0.3) is 0 Å². The zero-order chi connectivity index (χ0) is 21.2. The van der Waals surface area contributed by atoms with Crippen LogP contribution in [0.15, 0.2) is 40.4 Å². The van der Waals surface area contributed by atoms with E-state index in [2.05, 4.69) is 9.98 Å². The third-order valence-corrected chi connectivity index (χ3v) is 5.85. The molecule has 5 rings (SSSR count). The molecule has 2 aromatic rings. The van der Waals surface area contributed by atoms with Crippen molar-refractivity contribution in [2.24, 2.45) is 9.98 Å². The van der Waals surface area contributed by atoms with E-state index in [1.807, 2.05) is 0 Å². The van der Waals surface area contributed by atoms with Crippen LogP contribution in [-0.4, -0.2) is 73.2 Å². The van der Waals surface area contributed by atoms with E-state index in [0.717, 1.165) is 6.07 Å². The van der Waals surface area contributed by atoms with Gasteiger partial charge in [-0.05, 0) is 23.8 Å². The molecule has 6 atom stereocenters. The molecular weight excluding hydrogens is 419 g/mol. The maximum atomic E-state index is 13.8. The molecule has 4 N–H and O–H groups in total. The van der Waals surface area contributed by atoms with E-state index in [1.165, 1.54) is 27.9 Å². The Kier molecular flexibility index (Phi) is 4.65. The first-order valence-electron chi connectivity index (χ1n) is 9.27. The van der Waals surface area contributed by atoms with Crippen molar-refractivity contribution in [3.63, 3.8) is 0 Å². The average Bonchev–Trinajstić information content (AvgIpc) is 3.40. The maximum Gasteiger partial charge on any atom is 0.164 e. The molecule has 9 nitrogen and oxygen atoms in total. The SMILES string of the molecule is OC1CN=C2c3ccn([C@@H]4O[C@H]([C@H](O)c5ccc(Cl)c(F)c5)[C@@H](O)[C@H]4O)c3N=CN21. The van der Waals surface area contributed by atoms with E-state index in [9.17, 15) is 24.8 Å². The van der Waals surface area contributed by atoms with Gasteiger partial charge in [-0.2, -0.15) is 0 Å². The number of hydrogen-bond acceptors (Lipinski definition) is 8. The quantitative estimate of drug-likeness (QED) is 0.561. The highest BCUT2D eigenvalue weighted by atomic mass is 35.5. The Morgan fingerprint density at radius 2 is 2.00 bits per heavy atom. The minimum Gasteiger partial charge on any atom is -0.387 e. The highest BCUT2D eigenvalue weighted by Gasteiger charge is 2.48. The second-order valence-corrected chi connectivity index (χ2v) is 7.76. The van der Waals surface area contributed by atoms with Gasteiger partial charge in [0.2, 0.25) is 0 Å². The summed E-state index contributed by atoms with van der Waals surface area (Å²) in [6.07, 6.45) is -4.18. The Labute approximate surface area is 174 Å². The minimum absolute atomic E-state index is 0.0948. The van der Waals surface area contributed by atoms with Crippen LogP contribution in [0.2, 0.25) is 5.02 Å². The average molecular weight is 437 g/mol. The number of aliphatic hydroxyl groups is 4. The molecule has 0 aliphatic carbocycles. The van der Waals surface area contributed by atoms with Crippen molar-refractivity contribution in [3.8, 4) is 0 Å². The second-order valence-electron chi connectivity index (χ2n) is 7.35. The molecule has 1 fully saturated rings. The molecule has 3 aliphatic heterocycles. The van der Waals surface area contributed by atoms with Gasteiger partial charge in [-0.1, -0.05) is 17.7 Å². The van der Waals surface area contributed by atoms with Crippen molar-refractivity contribution >= 4 is 29.6 Å². The normalized spacial score (nSPS) is 30.9. The maximum absolute atomic E-state index is 13.8. The number of aliphatic imine (C=N–C) groups is 2. The Morgan fingerprint density at radius 3 is 2.77 bits per heavy atom. The van der Waals surface area contributed by atoms with Crippen molar-refractivity contribution in [1.29, 1.82) is 0 Å². The molecule has 0 spiro atoms. The summed E-state index contributed by atoms with van der Waals surface area (Å²) in [7, 11) is 0. The number of nitrogens with zero attached hydrogens (tertiary/aromatic N) is 4. The van der Waals surface area contributed by atoms with Crippen molar-refractivity contribution in [2.75, 3.05) is 6.54 Å². The fourth-order valence-corrected chi connectivity index (χ4v) is 4.09. The lowest BCUT2D eigenvalue weighted by Crippen LogP contribution is -2.37. The Hall–Kier alpha value is -2.34. The molecule has 158 valence electrons. The number of hydrogen-bond donors (Lipinski definition) is 4. The molecule has 0 saturated carbocycles. The third kappa shape index (κ3) is 2.88.